The maximum atomic E-state index is 5.26. The lowest BCUT2D eigenvalue weighted by Crippen LogP contribution is -1.89. The van der Waals surface area contributed by atoms with E-state index in [1.54, 1.807) is 30.2 Å². The first-order valence-corrected chi connectivity index (χ1v) is 10.2. The summed E-state index contributed by atoms with van der Waals surface area (Å²) in [5.41, 5.74) is 5.63. The topological polar surface area (TPSA) is 50.8 Å². The van der Waals surface area contributed by atoms with E-state index in [9.17, 15) is 0 Å². The van der Waals surface area contributed by atoms with Crippen molar-refractivity contribution in [1.82, 2.24) is 15.0 Å². The van der Waals surface area contributed by atoms with Crippen molar-refractivity contribution in [1.29, 1.82) is 0 Å². The van der Waals surface area contributed by atoms with Crippen LogP contribution in [0.4, 0.5) is 0 Å². The zero-order valence-electron chi connectivity index (χ0n) is 14.7. The minimum Gasteiger partial charge on any atom is -0.497 e. The number of benzene rings is 2. The molecule has 0 aliphatic carbocycles. The summed E-state index contributed by atoms with van der Waals surface area (Å²) in [5, 5.41) is 4.20. The standard InChI is InChI=1S/C20H19N3OS2/c1-13-3-5-14(6-4-13)9-19-21-15(11-25-19)12-26-20-22-17-8-7-16(24-2)10-18(17)23-20/h3-8,10-11H,9,12H2,1-2H3,(H,22,23). The molecule has 2 aromatic carbocycles. The number of methoxy groups -OCH3 is 1. The number of H-pyrrole nitrogens is 1. The lowest BCUT2D eigenvalue weighted by molar-refractivity contribution is 0.415. The van der Waals surface area contributed by atoms with Crippen molar-refractivity contribution in [2.45, 2.75) is 24.3 Å². The average molecular weight is 382 g/mol. The molecule has 0 amide bonds. The molecule has 0 saturated heterocycles. The summed E-state index contributed by atoms with van der Waals surface area (Å²) < 4.78 is 5.26. The van der Waals surface area contributed by atoms with Gasteiger partial charge in [-0.3, -0.25) is 0 Å². The first kappa shape index (κ1) is 17.1. The first-order valence-electron chi connectivity index (χ1n) is 8.35. The number of thiazole rings is 1. The van der Waals surface area contributed by atoms with Gasteiger partial charge in [-0.1, -0.05) is 41.6 Å². The van der Waals surface area contributed by atoms with Crippen molar-refractivity contribution in [3.8, 4) is 5.75 Å². The van der Waals surface area contributed by atoms with E-state index >= 15 is 0 Å². The number of thioether (sulfide) groups is 1. The molecule has 0 fully saturated rings. The Morgan fingerprint density at radius 3 is 2.77 bits per heavy atom. The summed E-state index contributed by atoms with van der Waals surface area (Å²) in [6.45, 7) is 2.11. The fourth-order valence-electron chi connectivity index (χ4n) is 2.68. The SMILES string of the molecule is COc1ccc2nc(SCc3csc(Cc4ccc(C)cc4)n3)[nH]c2c1. The Labute approximate surface area is 160 Å². The minimum atomic E-state index is 0.807. The molecule has 0 unspecified atom stereocenters. The Bertz CT molecular complexity index is 1020. The van der Waals surface area contributed by atoms with Crippen LogP contribution in [0.15, 0.2) is 53.0 Å². The summed E-state index contributed by atoms with van der Waals surface area (Å²) in [7, 11) is 1.67. The molecule has 0 atom stereocenters. The number of aryl methyl sites for hydroxylation is 1. The van der Waals surface area contributed by atoms with Crippen molar-refractivity contribution in [3.05, 3.63) is 69.7 Å². The molecule has 6 heteroatoms. The molecule has 4 nitrogen and oxygen atoms in total. The van der Waals surface area contributed by atoms with E-state index in [1.807, 2.05) is 18.2 Å². The van der Waals surface area contributed by atoms with Crippen LogP contribution in [0.5, 0.6) is 5.75 Å². The summed E-state index contributed by atoms with van der Waals surface area (Å²) >= 11 is 3.39. The maximum Gasteiger partial charge on any atom is 0.166 e. The molecule has 0 aliphatic heterocycles. The van der Waals surface area contributed by atoms with Gasteiger partial charge in [0.05, 0.1) is 28.8 Å². The lowest BCUT2D eigenvalue weighted by atomic mass is 10.1. The lowest BCUT2D eigenvalue weighted by Gasteiger charge is -1.98. The summed E-state index contributed by atoms with van der Waals surface area (Å²) in [6, 6.07) is 14.5. The molecule has 0 spiro atoms. The van der Waals surface area contributed by atoms with E-state index in [2.05, 4.69) is 46.5 Å². The maximum absolute atomic E-state index is 5.26. The predicted molar refractivity (Wildman–Crippen MR) is 108 cm³/mol. The number of ether oxygens (including phenoxy) is 1. The number of nitrogens with zero attached hydrogens (tertiary/aromatic N) is 2. The van der Waals surface area contributed by atoms with Crippen LogP contribution in [-0.4, -0.2) is 22.1 Å². The van der Waals surface area contributed by atoms with Crippen LogP contribution in [0.1, 0.15) is 21.8 Å². The van der Waals surface area contributed by atoms with Crippen molar-refractivity contribution < 1.29 is 4.74 Å². The summed E-state index contributed by atoms with van der Waals surface area (Å²) in [4.78, 5) is 12.7. The second kappa shape index (κ2) is 7.51. The van der Waals surface area contributed by atoms with Gasteiger partial charge in [0.15, 0.2) is 5.16 Å². The number of aromatic nitrogens is 3. The predicted octanol–water partition coefficient (Wildman–Crippen LogP) is 5.22. The van der Waals surface area contributed by atoms with Crippen molar-refractivity contribution in [2.24, 2.45) is 0 Å². The van der Waals surface area contributed by atoms with E-state index in [-0.39, 0.29) is 0 Å². The number of aromatic amines is 1. The van der Waals surface area contributed by atoms with Crippen LogP contribution in [-0.2, 0) is 12.2 Å². The molecule has 0 aliphatic rings. The Morgan fingerprint density at radius 1 is 1.12 bits per heavy atom. The molecule has 4 aromatic rings. The van der Waals surface area contributed by atoms with Crippen molar-refractivity contribution in [2.75, 3.05) is 7.11 Å². The fraction of sp³-hybridized carbons (Fsp3) is 0.200. The van der Waals surface area contributed by atoms with Crippen LogP contribution in [0, 0.1) is 6.92 Å². The Hall–Kier alpha value is -2.31. The number of nitrogens with one attached hydrogen (secondary N) is 1. The van der Waals surface area contributed by atoms with Gasteiger partial charge >= 0.3 is 0 Å². The van der Waals surface area contributed by atoms with E-state index in [0.717, 1.165) is 44.8 Å². The third-order valence-electron chi connectivity index (χ3n) is 4.10. The molecule has 0 radical (unpaired) electrons. The number of fused-ring (bicyclic) bond motifs is 1. The van der Waals surface area contributed by atoms with Gasteiger partial charge in [-0.15, -0.1) is 11.3 Å². The van der Waals surface area contributed by atoms with Crippen molar-refractivity contribution >= 4 is 34.1 Å². The molecule has 132 valence electrons. The Kier molecular flexibility index (Phi) is 4.95. The van der Waals surface area contributed by atoms with E-state index in [4.69, 9.17) is 9.72 Å². The third kappa shape index (κ3) is 3.92. The highest BCUT2D eigenvalue weighted by Gasteiger charge is 2.08. The zero-order chi connectivity index (χ0) is 17.9. The van der Waals surface area contributed by atoms with Crippen LogP contribution in [0.2, 0.25) is 0 Å². The molecular weight excluding hydrogens is 362 g/mol. The minimum absolute atomic E-state index is 0.807. The van der Waals surface area contributed by atoms with Gasteiger partial charge in [0.1, 0.15) is 5.75 Å². The van der Waals surface area contributed by atoms with Gasteiger partial charge in [-0.05, 0) is 24.6 Å². The second-order valence-electron chi connectivity index (χ2n) is 6.11. The largest absolute Gasteiger partial charge is 0.497 e. The number of imidazole rings is 1. The summed E-state index contributed by atoms with van der Waals surface area (Å²) in [6.07, 6.45) is 0.889. The molecule has 4 rings (SSSR count). The normalized spacial score (nSPS) is 11.2. The van der Waals surface area contributed by atoms with Gasteiger partial charge in [-0.2, -0.15) is 0 Å². The van der Waals surface area contributed by atoms with Gasteiger partial charge in [0.25, 0.3) is 0 Å². The highest BCUT2D eigenvalue weighted by molar-refractivity contribution is 7.98. The molecule has 0 bridgehead atoms. The molecule has 1 N–H and O–H groups in total. The smallest absolute Gasteiger partial charge is 0.166 e. The number of hydrogen-bond donors (Lipinski definition) is 1. The molecule has 2 heterocycles. The van der Waals surface area contributed by atoms with Crippen LogP contribution >= 0.6 is 23.1 Å². The monoisotopic (exact) mass is 381 g/mol. The number of hydrogen-bond acceptors (Lipinski definition) is 5. The fourth-order valence-corrected chi connectivity index (χ4v) is 4.39. The van der Waals surface area contributed by atoms with E-state index in [1.165, 1.54) is 11.1 Å². The summed E-state index contributed by atoms with van der Waals surface area (Å²) in [5.74, 6) is 1.64. The quantitative estimate of drug-likeness (QED) is 0.465. The van der Waals surface area contributed by atoms with Crippen LogP contribution < -0.4 is 4.74 Å². The third-order valence-corrected chi connectivity index (χ3v) is 5.90. The first-order chi connectivity index (χ1) is 12.7. The van der Waals surface area contributed by atoms with Crippen LogP contribution in [0.25, 0.3) is 11.0 Å². The Balaban J connectivity index is 1.40. The molecule has 0 saturated carbocycles. The van der Waals surface area contributed by atoms with Gasteiger partial charge in [-0.25, -0.2) is 9.97 Å². The van der Waals surface area contributed by atoms with E-state index in [0.29, 0.717) is 0 Å². The molecule has 2 aromatic heterocycles. The number of rotatable bonds is 6. The van der Waals surface area contributed by atoms with Gasteiger partial charge in [0, 0.05) is 23.6 Å². The van der Waals surface area contributed by atoms with Crippen molar-refractivity contribution in [3.63, 3.8) is 0 Å². The van der Waals surface area contributed by atoms with Gasteiger partial charge in [0.2, 0.25) is 0 Å². The van der Waals surface area contributed by atoms with Gasteiger partial charge < -0.3 is 9.72 Å². The Morgan fingerprint density at radius 2 is 1.96 bits per heavy atom. The average Bonchev–Trinajstić information content (AvgIpc) is 3.27. The zero-order valence-corrected chi connectivity index (χ0v) is 16.3. The van der Waals surface area contributed by atoms with E-state index < -0.39 is 0 Å². The highest BCUT2D eigenvalue weighted by atomic mass is 32.2. The highest BCUT2D eigenvalue weighted by Crippen LogP contribution is 2.26. The second-order valence-corrected chi connectivity index (χ2v) is 8.02. The molecular formula is C20H19N3OS2. The van der Waals surface area contributed by atoms with Crippen LogP contribution in [0.3, 0.4) is 0 Å². The molecule has 26 heavy (non-hydrogen) atoms.